The molecule has 1 saturated heterocycles. The molecule has 1 fully saturated rings. The molecule has 0 aromatic heterocycles. The molecule has 1 unspecified atom stereocenters. The lowest BCUT2D eigenvalue weighted by Crippen LogP contribution is -2.37. The summed E-state index contributed by atoms with van der Waals surface area (Å²) >= 11 is 0. The van der Waals surface area contributed by atoms with Gasteiger partial charge in [-0.05, 0) is 52.7 Å². The van der Waals surface area contributed by atoms with Crippen molar-refractivity contribution in [3.63, 3.8) is 0 Å². The number of nitrogens with zero attached hydrogens (tertiary/aromatic N) is 2. The maximum absolute atomic E-state index is 2.62. The molecule has 2 nitrogen and oxygen atoms in total. The minimum absolute atomic E-state index is 0.563. The number of rotatable bonds is 4. The monoisotopic (exact) mass is 198 g/mol. The lowest BCUT2D eigenvalue weighted by Gasteiger charge is -2.32. The van der Waals surface area contributed by atoms with Crippen molar-refractivity contribution >= 4 is 0 Å². The van der Waals surface area contributed by atoms with Gasteiger partial charge in [-0.1, -0.05) is 6.92 Å². The first-order valence-corrected chi connectivity index (χ1v) is 5.88. The van der Waals surface area contributed by atoms with Gasteiger partial charge in [0.1, 0.15) is 0 Å². The number of likely N-dealkylation sites (tertiary alicyclic amines) is 1. The molecule has 1 aliphatic rings. The summed E-state index contributed by atoms with van der Waals surface area (Å²) in [6.45, 7) is 10.8. The summed E-state index contributed by atoms with van der Waals surface area (Å²) in [7, 11) is 4.38. The first-order valence-electron chi connectivity index (χ1n) is 5.88. The summed E-state index contributed by atoms with van der Waals surface area (Å²) in [6, 6.07) is 0.714. The standard InChI is InChI=1S/C12H26N2/c1-6-12(9-13(4)5)7-8-14(10-12)11(2)3/h11H,6-10H2,1-5H3. The Bertz CT molecular complexity index is 177. The van der Waals surface area contributed by atoms with Crippen molar-refractivity contribution in [2.75, 3.05) is 33.7 Å². The molecule has 1 aliphatic heterocycles. The van der Waals surface area contributed by atoms with Gasteiger partial charge >= 0.3 is 0 Å². The predicted molar refractivity (Wildman–Crippen MR) is 62.6 cm³/mol. The Kier molecular flexibility index (Phi) is 3.96. The molecule has 1 heterocycles. The van der Waals surface area contributed by atoms with E-state index in [1.807, 2.05) is 0 Å². The summed E-state index contributed by atoms with van der Waals surface area (Å²) in [5.74, 6) is 0. The molecule has 0 aliphatic carbocycles. The van der Waals surface area contributed by atoms with E-state index in [4.69, 9.17) is 0 Å². The van der Waals surface area contributed by atoms with Crippen LogP contribution < -0.4 is 0 Å². The summed E-state index contributed by atoms with van der Waals surface area (Å²) in [6.07, 6.45) is 2.69. The van der Waals surface area contributed by atoms with Crippen LogP contribution in [0, 0.1) is 5.41 Å². The zero-order chi connectivity index (χ0) is 10.8. The SMILES string of the molecule is CCC1(CN(C)C)CCN(C(C)C)C1. The van der Waals surface area contributed by atoms with Crippen molar-refractivity contribution in [2.45, 2.75) is 39.7 Å². The first kappa shape index (κ1) is 12.0. The van der Waals surface area contributed by atoms with Crippen molar-refractivity contribution in [2.24, 2.45) is 5.41 Å². The van der Waals surface area contributed by atoms with Gasteiger partial charge in [0.05, 0.1) is 0 Å². The molecule has 0 saturated carbocycles. The molecule has 0 N–H and O–H groups in total. The van der Waals surface area contributed by atoms with E-state index in [-0.39, 0.29) is 0 Å². The van der Waals surface area contributed by atoms with Gasteiger partial charge in [-0.25, -0.2) is 0 Å². The Labute approximate surface area is 89.3 Å². The fourth-order valence-corrected chi connectivity index (χ4v) is 2.61. The first-order chi connectivity index (χ1) is 6.49. The summed E-state index contributed by atoms with van der Waals surface area (Å²) in [5, 5.41) is 0. The third-order valence-corrected chi connectivity index (χ3v) is 3.60. The Morgan fingerprint density at radius 2 is 2.00 bits per heavy atom. The average Bonchev–Trinajstić information content (AvgIpc) is 2.49. The third-order valence-electron chi connectivity index (χ3n) is 3.60. The van der Waals surface area contributed by atoms with Crippen molar-refractivity contribution in [3.05, 3.63) is 0 Å². The van der Waals surface area contributed by atoms with Gasteiger partial charge in [-0.15, -0.1) is 0 Å². The summed E-state index contributed by atoms with van der Waals surface area (Å²) in [5.41, 5.74) is 0.563. The fourth-order valence-electron chi connectivity index (χ4n) is 2.61. The zero-order valence-electron chi connectivity index (χ0n) is 10.5. The molecular weight excluding hydrogens is 172 g/mol. The van der Waals surface area contributed by atoms with E-state index in [0.29, 0.717) is 11.5 Å². The van der Waals surface area contributed by atoms with E-state index < -0.39 is 0 Å². The van der Waals surface area contributed by atoms with Crippen molar-refractivity contribution in [1.82, 2.24) is 9.80 Å². The van der Waals surface area contributed by atoms with Crippen LogP contribution in [0.5, 0.6) is 0 Å². The second kappa shape index (κ2) is 4.63. The molecule has 0 radical (unpaired) electrons. The molecule has 0 spiro atoms. The zero-order valence-corrected chi connectivity index (χ0v) is 10.5. The van der Waals surface area contributed by atoms with Crippen molar-refractivity contribution in [1.29, 1.82) is 0 Å². The van der Waals surface area contributed by atoms with E-state index in [2.05, 4.69) is 44.7 Å². The van der Waals surface area contributed by atoms with E-state index in [1.54, 1.807) is 0 Å². The van der Waals surface area contributed by atoms with Crippen LogP contribution in [-0.4, -0.2) is 49.6 Å². The molecule has 0 aromatic rings. The summed E-state index contributed by atoms with van der Waals surface area (Å²) < 4.78 is 0. The molecule has 0 aromatic carbocycles. The van der Waals surface area contributed by atoms with Crippen LogP contribution in [0.4, 0.5) is 0 Å². The smallest absolute Gasteiger partial charge is 0.00533 e. The van der Waals surface area contributed by atoms with Crippen LogP contribution >= 0.6 is 0 Å². The quantitative estimate of drug-likeness (QED) is 0.682. The Morgan fingerprint density at radius 1 is 1.36 bits per heavy atom. The van der Waals surface area contributed by atoms with E-state index in [0.717, 1.165) is 0 Å². The van der Waals surface area contributed by atoms with Gasteiger partial charge in [-0.3, -0.25) is 0 Å². The van der Waals surface area contributed by atoms with Gasteiger partial charge in [0.25, 0.3) is 0 Å². The van der Waals surface area contributed by atoms with Crippen LogP contribution in [0.15, 0.2) is 0 Å². The highest BCUT2D eigenvalue weighted by Crippen LogP contribution is 2.35. The molecule has 0 amide bonds. The molecule has 0 bridgehead atoms. The predicted octanol–water partition coefficient (Wildman–Crippen LogP) is 2.06. The highest BCUT2D eigenvalue weighted by molar-refractivity contribution is 4.91. The van der Waals surface area contributed by atoms with E-state index in [9.17, 15) is 0 Å². The third kappa shape index (κ3) is 2.71. The van der Waals surface area contributed by atoms with E-state index >= 15 is 0 Å². The average molecular weight is 198 g/mol. The molecule has 1 atom stereocenters. The number of hydrogen-bond acceptors (Lipinski definition) is 2. The van der Waals surface area contributed by atoms with Gasteiger partial charge in [0, 0.05) is 19.1 Å². The Balaban J connectivity index is 2.56. The minimum atomic E-state index is 0.563. The number of hydrogen-bond donors (Lipinski definition) is 0. The minimum Gasteiger partial charge on any atom is -0.309 e. The Hall–Kier alpha value is -0.0800. The van der Waals surface area contributed by atoms with Crippen LogP contribution in [0.1, 0.15) is 33.6 Å². The lowest BCUT2D eigenvalue weighted by molar-refractivity contribution is 0.171. The Morgan fingerprint density at radius 3 is 2.36 bits per heavy atom. The maximum atomic E-state index is 2.62. The maximum Gasteiger partial charge on any atom is 0.00533 e. The van der Waals surface area contributed by atoms with Crippen molar-refractivity contribution < 1.29 is 0 Å². The van der Waals surface area contributed by atoms with Gasteiger partial charge in [0.2, 0.25) is 0 Å². The fraction of sp³-hybridized carbons (Fsp3) is 1.00. The van der Waals surface area contributed by atoms with Gasteiger partial charge < -0.3 is 9.80 Å². The van der Waals surface area contributed by atoms with Gasteiger partial charge in [0.15, 0.2) is 0 Å². The second-order valence-electron chi connectivity index (χ2n) is 5.41. The van der Waals surface area contributed by atoms with Crippen LogP contribution in [0.2, 0.25) is 0 Å². The largest absolute Gasteiger partial charge is 0.309 e. The molecule has 84 valence electrons. The highest BCUT2D eigenvalue weighted by Gasteiger charge is 2.37. The van der Waals surface area contributed by atoms with Crippen LogP contribution in [-0.2, 0) is 0 Å². The highest BCUT2D eigenvalue weighted by atomic mass is 15.2. The van der Waals surface area contributed by atoms with E-state index in [1.165, 1.54) is 32.5 Å². The van der Waals surface area contributed by atoms with Crippen molar-refractivity contribution in [3.8, 4) is 0 Å². The summed E-state index contributed by atoms with van der Waals surface area (Å²) in [4.78, 5) is 4.96. The second-order valence-corrected chi connectivity index (χ2v) is 5.41. The molecule has 2 heteroatoms. The molecule has 14 heavy (non-hydrogen) atoms. The van der Waals surface area contributed by atoms with Crippen LogP contribution in [0.3, 0.4) is 0 Å². The van der Waals surface area contributed by atoms with Crippen LogP contribution in [0.25, 0.3) is 0 Å². The lowest BCUT2D eigenvalue weighted by atomic mass is 9.84. The molecular formula is C12H26N2. The molecule has 1 rings (SSSR count). The van der Waals surface area contributed by atoms with Gasteiger partial charge in [-0.2, -0.15) is 0 Å². The topological polar surface area (TPSA) is 6.48 Å². The normalized spacial score (nSPS) is 29.4.